The van der Waals surface area contributed by atoms with E-state index in [1.165, 1.54) is 12.1 Å². The molecule has 8 heteroatoms. The van der Waals surface area contributed by atoms with Crippen molar-refractivity contribution in [3.63, 3.8) is 0 Å². The molecule has 0 unspecified atom stereocenters. The van der Waals surface area contributed by atoms with Crippen molar-refractivity contribution in [1.29, 1.82) is 0 Å². The van der Waals surface area contributed by atoms with E-state index in [9.17, 15) is 13.2 Å². The van der Waals surface area contributed by atoms with Crippen LogP contribution in [0.25, 0.3) is 0 Å². The maximum Gasteiger partial charge on any atom is 0.242 e. The molecule has 28 heavy (non-hydrogen) atoms. The van der Waals surface area contributed by atoms with Gasteiger partial charge in [0.05, 0.1) is 17.1 Å². The van der Waals surface area contributed by atoms with E-state index in [-0.39, 0.29) is 11.4 Å². The third-order valence-corrected chi connectivity index (χ3v) is 8.62. The molecule has 0 atom stereocenters. The average molecular weight is 422 g/mol. The van der Waals surface area contributed by atoms with Crippen molar-refractivity contribution < 1.29 is 13.2 Å². The summed E-state index contributed by atoms with van der Waals surface area (Å²) in [6.07, 6.45) is 7.29. The lowest BCUT2D eigenvalue weighted by Crippen LogP contribution is -2.50. The molecule has 1 aliphatic carbocycles. The third-order valence-electron chi connectivity index (χ3n) is 5.85. The highest BCUT2D eigenvalue weighted by Gasteiger charge is 2.52. The molecule has 0 radical (unpaired) electrons. The number of rotatable bonds is 5. The zero-order valence-electron chi connectivity index (χ0n) is 15.7. The summed E-state index contributed by atoms with van der Waals surface area (Å²) in [5.41, 5.74) is 0.780. The number of nitrogens with one attached hydrogen (secondary N) is 1. The summed E-state index contributed by atoms with van der Waals surface area (Å²) in [5, 5.41) is 3.32. The maximum atomic E-state index is 13.4. The molecule has 6 nitrogen and oxygen atoms in total. The fourth-order valence-electron chi connectivity index (χ4n) is 4.29. The molecule has 2 aliphatic rings. The Kier molecular flexibility index (Phi) is 5.22. The van der Waals surface area contributed by atoms with Crippen molar-refractivity contribution >= 4 is 27.3 Å². The Hall–Kier alpha value is -1.86. The summed E-state index contributed by atoms with van der Waals surface area (Å²) >= 11 is 5.90. The number of aryl methyl sites for hydroxylation is 2. The van der Waals surface area contributed by atoms with Crippen LogP contribution in [0.3, 0.4) is 0 Å². The largest absolute Gasteiger partial charge is 0.349 e. The summed E-state index contributed by atoms with van der Waals surface area (Å²) in [4.78, 5) is 17.9. The van der Waals surface area contributed by atoms with E-state index in [4.69, 9.17) is 11.6 Å². The molecule has 150 valence electrons. The van der Waals surface area contributed by atoms with E-state index in [0.717, 1.165) is 50.2 Å². The number of hydrogen-bond acceptors (Lipinski definition) is 4. The Labute approximate surface area is 170 Å². The Balaban J connectivity index is 1.55. The van der Waals surface area contributed by atoms with Crippen LogP contribution in [0.5, 0.6) is 0 Å². The molecule has 0 bridgehead atoms. The predicted molar refractivity (Wildman–Crippen MR) is 107 cm³/mol. The van der Waals surface area contributed by atoms with Crippen LogP contribution in [-0.4, -0.2) is 28.6 Å². The van der Waals surface area contributed by atoms with Crippen LogP contribution in [0.2, 0.25) is 5.02 Å². The quantitative estimate of drug-likeness (QED) is 0.803. The molecular weight excluding hydrogens is 398 g/mol. The maximum absolute atomic E-state index is 13.4. The van der Waals surface area contributed by atoms with Gasteiger partial charge in [-0.2, -0.15) is 0 Å². The van der Waals surface area contributed by atoms with E-state index in [2.05, 4.69) is 14.9 Å². The molecule has 0 spiro atoms. The third kappa shape index (κ3) is 3.35. The van der Waals surface area contributed by atoms with Gasteiger partial charge < -0.3 is 9.88 Å². The lowest BCUT2D eigenvalue weighted by atomic mass is 10.1. The standard InChI is InChI=1S/C20H24ClN3O3S/c21-15-6-8-17(9-7-15)28(26,27)20(10-2-3-11-20)19(25)22-13-16-14-24-12-4-1-5-18(24)23-16/h6-9,14H,1-5,10-13H2,(H,22,25). The minimum absolute atomic E-state index is 0.145. The summed E-state index contributed by atoms with van der Waals surface area (Å²) < 4.78 is 27.4. The van der Waals surface area contributed by atoms with Crippen LogP contribution >= 0.6 is 11.6 Å². The fraction of sp³-hybridized carbons (Fsp3) is 0.500. The molecule has 1 aromatic carbocycles. The van der Waals surface area contributed by atoms with E-state index in [0.29, 0.717) is 17.9 Å². The number of amides is 1. The van der Waals surface area contributed by atoms with Gasteiger partial charge in [0.15, 0.2) is 14.6 Å². The molecule has 1 aliphatic heterocycles. The number of hydrogen-bond donors (Lipinski definition) is 1. The highest BCUT2D eigenvalue weighted by Crippen LogP contribution is 2.41. The number of fused-ring (bicyclic) bond motifs is 1. The molecule has 1 fully saturated rings. The van der Waals surface area contributed by atoms with Crippen molar-refractivity contribution in [2.75, 3.05) is 0 Å². The van der Waals surface area contributed by atoms with Gasteiger partial charge in [0.2, 0.25) is 5.91 Å². The first-order valence-corrected chi connectivity index (χ1v) is 11.6. The molecule has 1 aromatic heterocycles. The number of benzene rings is 1. The Bertz CT molecular complexity index is 953. The zero-order valence-corrected chi connectivity index (χ0v) is 17.2. The van der Waals surface area contributed by atoms with E-state index in [1.807, 2.05) is 6.20 Å². The summed E-state index contributed by atoms with van der Waals surface area (Å²) in [5.74, 6) is 0.616. The summed E-state index contributed by atoms with van der Waals surface area (Å²) in [7, 11) is -3.82. The minimum Gasteiger partial charge on any atom is -0.349 e. The number of imidazole rings is 1. The Morgan fingerprint density at radius 2 is 1.86 bits per heavy atom. The van der Waals surface area contributed by atoms with Crippen LogP contribution in [0, 0.1) is 0 Å². The first-order valence-electron chi connectivity index (χ1n) is 9.76. The lowest BCUT2D eigenvalue weighted by molar-refractivity contribution is -0.123. The smallest absolute Gasteiger partial charge is 0.242 e. The van der Waals surface area contributed by atoms with E-state index in [1.54, 1.807) is 12.1 Å². The zero-order chi connectivity index (χ0) is 19.8. The number of carbonyl (C=O) groups is 1. The first kappa shape index (κ1) is 19.5. The van der Waals surface area contributed by atoms with Crippen molar-refractivity contribution in [1.82, 2.24) is 14.9 Å². The number of sulfone groups is 1. The molecule has 0 saturated heterocycles. The monoisotopic (exact) mass is 421 g/mol. The summed E-state index contributed by atoms with van der Waals surface area (Å²) in [6.45, 7) is 1.20. The molecule has 4 rings (SSSR count). The van der Waals surface area contributed by atoms with Crippen LogP contribution in [-0.2, 0) is 34.1 Å². The van der Waals surface area contributed by atoms with Crippen molar-refractivity contribution in [3.8, 4) is 0 Å². The number of nitrogens with zero attached hydrogens (tertiary/aromatic N) is 2. The van der Waals surface area contributed by atoms with Crippen LogP contribution in [0.15, 0.2) is 35.4 Å². The molecule has 1 amide bonds. The molecule has 1 N–H and O–H groups in total. The number of carbonyl (C=O) groups excluding carboxylic acids is 1. The van der Waals surface area contributed by atoms with Gasteiger partial charge in [0.1, 0.15) is 5.82 Å². The normalized spacial score (nSPS) is 18.6. The van der Waals surface area contributed by atoms with E-state index >= 15 is 0 Å². The lowest BCUT2D eigenvalue weighted by Gasteiger charge is -2.27. The number of aromatic nitrogens is 2. The second-order valence-corrected chi connectivity index (χ2v) is 10.3. The van der Waals surface area contributed by atoms with Crippen LogP contribution in [0.4, 0.5) is 0 Å². The highest BCUT2D eigenvalue weighted by molar-refractivity contribution is 7.93. The topological polar surface area (TPSA) is 81.1 Å². The highest BCUT2D eigenvalue weighted by atomic mass is 35.5. The number of halogens is 1. The minimum atomic E-state index is -3.82. The second-order valence-electron chi connectivity index (χ2n) is 7.64. The Morgan fingerprint density at radius 1 is 1.14 bits per heavy atom. The molecule has 1 saturated carbocycles. The van der Waals surface area contributed by atoms with Crippen molar-refractivity contribution in [2.45, 2.75) is 67.7 Å². The van der Waals surface area contributed by atoms with Gasteiger partial charge in [0.25, 0.3) is 0 Å². The van der Waals surface area contributed by atoms with Crippen molar-refractivity contribution in [3.05, 3.63) is 47.0 Å². The molecular formula is C20H24ClN3O3S. The fourth-order valence-corrected chi connectivity index (χ4v) is 6.51. The Morgan fingerprint density at radius 3 is 2.54 bits per heavy atom. The van der Waals surface area contributed by atoms with Crippen LogP contribution in [0.1, 0.15) is 50.0 Å². The van der Waals surface area contributed by atoms with Crippen LogP contribution < -0.4 is 5.32 Å². The van der Waals surface area contributed by atoms with Gasteiger partial charge in [-0.3, -0.25) is 4.79 Å². The predicted octanol–water partition coefficient (Wildman–Crippen LogP) is 3.28. The van der Waals surface area contributed by atoms with E-state index < -0.39 is 20.5 Å². The molecule has 2 heterocycles. The average Bonchev–Trinajstić information content (AvgIpc) is 3.34. The van der Waals surface area contributed by atoms with Gasteiger partial charge in [-0.15, -0.1) is 0 Å². The van der Waals surface area contributed by atoms with Gasteiger partial charge in [-0.05, 0) is 49.9 Å². The summed E-state index contributed by atoms with van der Waals surface area (Å²) in [6, 6.07) is 6.05. The van der Waals surface area contributed by atoms with Gasteiger partial charge in [0, 0.05) is 24.2 Å². The van der Waals surface area contributed by atoms with Gasteiger partial charge in [-0.25, -0.2) is 13.4 Å². The molecule has 2 aromatic rings. The van der Waals surface area contributed by atoms with Gasteiger partial charge >= 0.3 is 0 Å². The van der Waals surface area contributed by atoms with Crippen molar-refractivity contribution in [2.24, 2.45) is 0 Å². The SMILES string of the molecule is O=C(NCc1cn2c(n1)CCCC2)C1(S(=O)(=O)c2ccc(Cl)cc2)CCCC1. The second kappa shape index (κ2) is 7.52. The first-order chi connectivity index (χ1) is 13.4. The van der Waals surface area contributed by atoms with Gasteiger partial charge in [-0.1, -0.05) is 24.4 Å².